The number of aromatic carboxylic acids is 1. The van der Waals surface area contributed by atoms with Gasteiger partial charge >= 0.3 is 98.9 Å². The van der Waals surface area contributed by atoms with Crippen molar-refractivity contribution in [1.29, 1.82) is 0 Å². The van der Waals surface area contributed by atoms with Gasteiger partial charge in [-0.15, -0.1) is 0 Å². The molecule has 1 rings (SSSR count). The van der Waals surface area contributed by atoms with Crippen LogP contribution >= 0.6 is 0 Å². The molecule has 0 saturated carbocycles. The van der Waals surface area contributed by atoms with E-state index in [1.165, 1.54) is 25.1 Å². The molecular weight excluding hydrogens is 389 g/mol. The van der Waals surface area contributed by atoms with Crippen LogP contribution in [0.2, 0.25) is 0 Å². The average Bonchev–Trinajstić information content (AvgIpc) is 2.14. The molecule has 5 nitrogen and oxygen atoms in total. The fraction of sp³-hybridized carbons (Fsp3) is 0.111. The van der Waals surface area contributed by atoms with Crippen molar-refractivity contribution >= 4 is 15.0 Å². The molecule has 15 heavy (non-hydrogen) atoms. The number of rotatable bonds is 3. The molecular formula is C9H8HgO5. The van der Waals surface area contributed by atoms with Gasteiger partial charge in [0.1, 0.15) is 0 Å². The maximum absolute atomic E-state index is 10.8. The third-order valence-corrected chi connectivity index (χ3v) is 7.37. The average molecular weight is 397 g/mol. The molecule has 0 aromatic heterocycles. The van der Waals surface area contributed by atoms with Crippen LogP contribution < -0.4 is 3.07 Å². The molecule has 1 aromatic rings. The third-order valence-electron chi connectivity index (χ3n) is 1.75. The Morgan fingerprint density at radius 2 is 2.07 bits per heavy atom. The number of carboxylic acid groups (broad SMARTS) is 1. The van der Waals surface area contributed by atoms with Gasteiger partial charge in [-0.2, -0.15) is 0 Å². The summed E-state index contributed by atoms with van der Waals surface area (Å²) in [4.78, 5) is 21.4. The van der Waals surface area contributed by atoms with Crippen LogP contribution in [0.5, 0.6) is 5.75 Å². The zero-order valence-electron chi connectivity index (χ0n) is 8.06. The molecule has 0 radical (unpaired) electrons. The molecule has 2 N–H and O–H groups in total. The first-order chi connectivity index (χ1) is 7.00. The van der Waals surface area contributed by atoms with Crippen molar-refractivity contribution in [2.75, 3.05) is 0 Å². The molecule has 0 bridgehead atoms. The quantitative estimate of drug-likeness (QED) is 0.717. The van der Waals surface area contributed by atoms with Crippen LogP contribution in [0.4, 0.5) is 0 Å². The van der Waals surface area contributed by atoms with Crippen LogP contribution in [-0.2, 0) is 32.5 Å². The molecule has 0 spiro atoms. The van der Waals surface area contributed by atoms with Crippen LogP contribution in [-0.4, -0.2) is 22.2 Å². The molecule has 0 aliphatic heterocycles. The molecule has 0 fully saturated rings. The summed E-state index contributed by atoms with van der Waals surface area (Å²) in [6, 6.07) is 3.97. The molecule has 1 aromatic carbocycles. The summed E-state index contributed by atoms with van der Waals surface area (Å²) in [5.41, 5.74) is 0.107. The normalized spacial score (nSPS) is 9.13. The molecule has 0 aliphatic carbocycles. The number of benzene rings is 1. The predicted octanol–water partition coefficient (Wildman–Crippen LogP) is 0.276. The van der Waals surface area contributed by atoms with Gasteiger partial charge in [0.25, 0.3) is 0 Å². The van der Waals surface area contributed by atoms with Crippen molar-refractivity contribution in [2.24, 2.45) is 0 Å². The Hall–Kier alpha value is -1.10. The summed E-state index contributed by atoms with van der Waals surface area (Å²) in [5, 5.41) is 18.0. The summed E-state index contributed by atoms with van der Waals surface area (Å²) < 4.78 is 5.37. The predicted molar refractivity (Wildman–Crippen MR) is 46.5 cm³/mol. The van der Waals surface area contributed by atoms with Gasteiger partial charge in [-0.25, -0.2) is 0 Å². The molecule has 0 unspecified atom stereocenters. The Morgan fingerprint density at radius 3 is 2.60 bits per heavy atom. The van der Waals surface area contributed by atoms with Crippen LogP contribution in [0.3, 0.4) is 0 Å². The van der Waals surface area contributed by atoms with Crippen molar-refractivity contribution in [1.82, 2.24) is 0 Å². The van der Waals surface area contributed by atoms with E-state index in [2.05, 4.69) is 0 Å². The van der Waals surface area contributed by atoms with Crippen molar-refractivity contribution in [3.8, 4) is 5.75 Å². The zero-order valence-corrected chi connectivity index (χ0v) is 13.6. The van der Waals surface area contributed by atoms with E-state index in [0.29, 0.717) is 3.07 Å². The first-order valence-corrected chi connectivity index (χ1v) is 9.18. The minimum atomic E-state index is -2.21. The number of carbonyl (C=O) groups is 2. The zero-order chi connectivity index (χ0) is 11.4. The van der Waals surface area contributed by atoms with Gasteiger partial charge < -0.3 is 0 Å². The van der Waals surface area contributed by atoms with Crippen molar-refractivity contribution < 1.29 is 47.5 Å². The van der Waals surface area contributed by atoms with E-state index in [0.717, 1.165) is 0 Å². The van der Waals surface area contributed by atoms with Gasteiger partial charge in [0.15, 0.2) is 0 Å². The van der Waals surface area contributed by atoms with E-state index in [9.17, 15) is 14.7 Å². The van der Waals surface area contributed by atoms with Gasteiger partial charge in [-0.3, -0.25) is 0 Å². The number of phenols is 1. The molecule has 0 heterocycles. The van der Waals surface area contributed by atoms with E-state index in [1.54, 1.807) is 0 Å². The number of carboxylic acids is 1. The number of phenolic OH excluding ortho intramolecular Hbond substituents is 1. The molecule has 6 heteroatoms. The summed E-state index contributed by atoms with van der Waals surface area (Å²) in [6.45, 7) is 1.28. The van der Waals surface area contributed by atoms with Crippen LogP contribution in [0.1, 0.15) is 17.3 Å². The van der Waals surface area contributed by atoms with Gasteiger partial charge in [0, 0.05) is 0 Å². The SMILES string of the molecule is CC(=O)[O][Hg][c]1cc(O)ccc1C(=O)O. The van der Waals surface area contributed by atoms with Crippen LogP contribution in [0.15, 0.2) is 18.2 Å². The maximum atomic E-state index is 10.8. The van der Waals surface area contributed by atoms with E-state index in [4.69, 9.17) is 7.75 Å². The summed E-state index contributed by atoms with van der Waals surface area (Å²) in [7, 11) is 0. The number of aromatic hydroxyl groups is 1. The molecule has 0 atom stereocenters. The molecule has 0 aliphatic rings. The summed E-state index contributed by atoms with van der Waals surface area (Å²) in [5.74, 6) is -1.49. The second-order valence-corrected chi connectivity index (χ2v) is 8.13. The van der Waals surface area contributed by atoms with E-state index in [-0.39, 0.29) is 11.3 Å². The van der Waals surface area contributed by atoms with Crippen molar-refractivity contribution in [3.63, 3.8) is 0 Å². The summed E-state index contributed by atoms with van der Waals surface area (Å²) in [6.07, 6.45) is 0. The fourth-order valence-corrected chi connectivity index (χ4v) is 5.27. The topological polar surface area (TPSA) is 83.8 Å². The monoisotopic (exact) mass is 398 g/mol. The number of hydrogen-bond donors (Lipinski definition) is 2. The second kappa shape index (κ2) is 5.11. The minimum absolute atomic E-state index is 0.0119. The third kappa shape index (κ3) is 3.51. The summed E-state index contributed by atoms with van der Waals surface area (Å²) >= 11 is -2.21. The molecule has 76 valence electrons. The Bertz CT molecular complexity index is 401. The van der Waals surface area contributed by atoms with Gasteiger partial charge in [-0.05, 0) is 0 Å². The Kier molecular flexibility index (Phi) is 4.08. The number of carbonyl (C=O) groups excluding carboxylic acids is 1. The van der Waals surface area contributed by atoms with E-state index >= 15 is 0 Å². The van der Waals surface area contributed by atoms with Crippen molar-refractivity contribution in [2.45, 2.75) is 6.92 Å². The Labute approximate surface area is 98.8 Å². The van der Waals surface area contributed by atoms with Crippen LogP contribution in [0, 0.1) is 0 Å². The first-order valence-electron chi connectivity index (χ1n) is 4.19. The van der Waals surface area contributed by atoms with E-state index < -0.39 is 37.0 Å². The molecule has 0 saturated heterocycles. The van der Waals surface area contributed by atoms with Crippen LogP contribution in [0.25, 0.3) is 0 Å². The van der Waals surface area contributed by atoms with Gasteiger partial charge in [-0.1, -0.05) is 0 Å². The Morgan fingerprint density at radius 1 is 1.40 bits per heavy atom. The molecule has 0 amide bonds. The van der Waals surface area contributed by atoms with Gasteiger partial charge in [0.05, 0.1) is 0 Å². The first kappa shape index (κ1) is 12.0. The van der Waals surface area contributed by atoms with Gasteiger partial charge in [0.2, 0.25) is 0 Å². The van der Waals surface area contributed by atoms with Crippen molar-refractivity contribution in [3.05, 3.63) is 23.8 Å². The fourth-order valence-electron chi connectivity index (χ4n) is 1.09. The second-order valence-electron chi connectivity index (χ2n) is 2.93. The Balaban J connectivity index is 2.96. The van der Waals surface area contributed by atoms with E-state index in [1.807, 2.05) is 0 Å². The number of hydrogen-bond acceptors (Lipinski definition) is 4. The standard InChI is InChI=1S/C7H5O3.C2H4O2.Hg/c8-6-3-1-5(2-4-6)7(9)10;1-2(3)4;/h1,3-4,8H,(H,9,10);1H3,(H,3,4);/q;;+1/p-1.